The summed E-state index contributed by atoms with van der Waals surface area (Å²) in [4.78, 5) is 14.5. The molecule has 0 saturated heterocycles. The van der Waals surface area contributed by atoms with Crippen molar-refractivity contribution in [3.8, 4) is 0 Å². The van der Waals surface area contributed by atoms with Crippen LogP contribution in [0.15, 0.2) is 19.2 Å². The second kappa shape index (κ2) is 4.01. The van der Waals surface area contributed by atoms with Crippen LogP contribution in [-0.2, 0) is 0 Å². The second-order valence-corrected chi connectivity index (χ2v) is 2.73. The molecule has 0 atom stereocenters. The predicted molar refractivity (Wildman–Crippen MR) is 54.8 cm³/mol. The van der Waals surface area contributed by atoms with Crippen LogP contribution in [-0.4, -0.2) is 11.3 Å². The van der Waals surface area contributed by atoms with Crippen molar-refractivity contribution in [1.82, 2.24) is 4.98 Å². The molecule has 0 bridgehead atoms. The van der Waals surface area contributed by atoms with Gasteiger partial charge in [-0.05, 0) is 12.1 Å². The van der Waals surface area contributed by atoms with E-state index in [2.05, 4.69) is 18.1 Å². The molecule has 2 nitrogen and oxygen atoms in total. The zero-order valence-corrected chi connectivity index (χ0v) is 7.71. The van der Waals surface area contributed by atoms with Crippen LogP contribution in [0.5, 0.6) is 0 Å². The molecular formula is C10H8ClNO. The van der Waals surface area contributed by atoms with Crippen molar-refractivity contribution < 1.29 is 4.79 Å². The van der Waals surface area contributed by atoms with Gasteiger partial charge in [-0.2, -0.15) is 0 Å². The number of carbonyl (C=O) groups is 1. The van der Waals surface area contributed by atoms with Crippen LogP contribution in [0.25, 0.3) is 12.2 Å². The predicted octanol–water partition coefficient (Wildman–Crippen LogP) is 2.83. The smallest absolute Gasteiger partial charge is 0.153 e. The summed E-state index contributed by atoms with van der Waals surface area (Å²) in [5, 5.41) is 0.190. The van der Waals surface area contributed by atoms with Gasteiger partial charge in [0.05, 0.1) is 11.3 Å². The second-order valence-electron chi connectivity index (χ2n) is 2.37. The minimum Gasteiger partial charge on any atom is -0.298 e. The van der Waals surface area contributed by atoms with Gasteiger partial charge in [-0.15, -0.1) is 0 Å². The van der Waals surface area contributed by atoms with E-state index in [1.807, 2.05) is 0 Å². The lowest BCUT2D eigenvalue weighted by Crippen LogP contribution is -1.92. The highest BCUT2D eigenvalue weighted by Gasteiger charge is 2.04. The largest absolute Gasteiger partial charge is 0.298 e. The zero-order valence-electron chi connectivity index (χ0n) is 6.96. The first-order chi connectivity index (χ1) is 6.22. The summed E-state index contributed by atoms with van der Waals surface area (Å²) in [6.45, 7) is 7.18. The molecule has 0 aliphatic heterocycles. The van der Waals surface area contributed by atoms with Crippen molar-refractivity contribution in [2.45, 2.75) is 0 Å². The Hall–Kier alpha value is -1.41. The van der Waals surface area contributed by atoms with E-state index in [1.165, 1.54) is 0 Å². The van der Waals surface area contributed by atoms with Gasteiger partial charge in [-0.3, -0.25) is 4.79 Å². The normalized spacial score (nSPS) is 9.31. The Labute approximate surface area is 81.6 Å². The number of carbonyl (C=O) groups excluding carboxylic acids is 1. The maximum Gasteiger partial charge on any atom is 0.153 e. The molecule has 1 aromatic heterocycles. The average molecular weight is 194 g/mol. The average Bonchev–Trinajstić information content (AvgIpc) is 2.17. The van der Waals surface area contributed by atoms with E-state index in [4.69, 9.17) is 11.6 Å². The van der Waals surface area contributed by atoms with Crippen LogP contribution < -0.4 is 0 Å². The Morgan fingerprint density at radius 2 is 2.00 bits per heavy atom. The van der Waals surface area contributed by atoms with Gasteiger partial charge in [0, 0.05) is 5.56 Å². The van der Waals surface area contributed by atoms with Crippen LogP contribution in [0.2, 0.25) is 5.15 Å². The van der Waals surface area contributed by atoms with E-state index < -0.39 is 0 Å². The Morgan fingerprint density at radius 3 is 2.46 bits per heavy atom. The Bertz CT molecular complexity index is 371. The summed E-state index contributed by atoms with van der Waals surface area (Å²) in [7, 11) is 0. The lowest BCUT2D eigenvalue weighted by atomic mass is 10.1. The molecule has 1 rings (SSSR count). The summed E-state index contributed by atoms with van der Waals surface area (Å²) in [5.74, 6) is 0. The first-order valence-corrected chi connectivity index (χ1v) is 4.01. The molecular weight excluding hydrogens is 186 g/mol. The Balaban J connectivity index is 3.42. The fourth-order valence-corrected chi connectivity index (χ4v) is 1.14. The molecule has 66 valence electrons. The third-order valence-corrected chi connectivity index (χ3v) is 1.91. The molecule has 0 aromatic carbocycles. The standard InChI is InChI=1S/C10H8ClNO/c1-3-7-5-8(6-13)10(11)12-9(7)4-2/h3-6H,1-2H2. The number of aldehydes is 1. The van der Waals surface area contributed by atoms with Gasteiger partial charge in [0.2, 0.25) is 0 Å². The summed E-state index contributed by atoms with van der Waals surface area (Å²) in [6, 6.07) is 1.63. The molecule has 0 saturated carbocycles. The molecule has 0 unspecified atom stereocenters. The van der Waals surface area contributed by atoms with Gasteiger partial charge in [0.1, 0.15) is 5.15 Å². The van der Waals surface area contributed by atoms with Gasteiger partial charge in [0.15, 0.2) is 6.29 Å². The highest BCUT2D eigenvalue weighted by Crippen LogP contribution is 2.17. The van der Waals surface area contributed by atoms with Crippen LogP contribution in [0, 0.1) is 0 Å². The first kappa shape index (κ1) is 9.68. The highest BCUT2D eigenvalue weighted by atomic mass is 35.5. The highest BCUT2D eigenvalue weighted by molar-refractivity contribution is 6.31. The molecule has 0 N–H and O–H groups in total. The monoisotopic (exact) mass is 193 g/mol. The van der Waals surface area contributed by atoms with E-state index in [9.17, 15) is 4.79 Å². The van der Waals surface area contributed by atoms with Gasteiger partial charge < -0.3 is 0 Å². The Morgan fingerprint density at radius 1 is 1.31 bits per heavy atom. The van der Waals surface area contributed by atoms with Crippen molar-refractivity contribution in [3.63, 3.8) is 0 Å². The fourth-order valence-electron chi connectivity index (χ4n) is 0.946. The summed E-state index contributed by atoms with van der Waals surface area (Å²) < 4.78 is 0. The number of nitrogens with zero attached hydrogens (tertiary/aromatic N) is 1. The number of halogens is 1. The van der Waals surface area contributed by atoms with Gasteiger partial charge in [-0.1, -0.05) is 30.8 Å². The third-order valence-electron chi connectivity index (χ3n) is 1.60. The van der Waals surface area contributed by atoms with Crippen molar-refractivity contribution in [1.29, 1.82) is 0 Å². The van der Waals surface area contributed by atoms with Crippen LogP contribution in [0.1, 0.15) is 21.6 Å². The fraction of sp³-hybridized carbons (Fsp3) is 0. The molecule has 0 fully saturated rings. The number of pyridine rings is 1. The number of aromatic nitrogens is 1. The van der Waals surface area contributed by atoms with Gasteiger partial charge in [-0.25, -0.2) is 4.98 Å². The number of hydrogen-bond donors (Lipinski definition) is 0. The molecule has 0 aliphatic rings. The lowest BCUT2D eigenvalue weighted by molar-refractivity contribution is 0.112. The lowest BCUT2D eigenvalue weighted by Gasteiger charge is -2.02. The molecule has 13 heavy (non-hydrogen) atoms. The number of hydrogen-bond acceptors (Lipinski definition) is 2. The molecule has 0 radical (unpaired) electrons. The third kappa shape index (κ3) is 1.84. The molecule has 0 spiro atoms. The topological polar surface area (TPSA) is 30.0 Å². The summed E-state index contributed by atoms with van der Waals surface area (Å²) in [6.07, 6.45) is 3.83. The van der Waals surface area contributed by atoms with Gasteiger partial charge in [0.25, 0.3) is 0 Å². The van der Waals surface area contributed by atoms with Crippen LogP contribution in [0.3, 0.4) is 0 Å². The summed E-state index contributed by atoms with van der Waals surface area (Å²) >= 11 is 5.71. The van der Waals surface area contributed by atoms with Crippen molar-refractivity contribution in [2.24, 2.45) is 0 Å². The van der Waals surface area contributed by atoms with Crippen molar-refractivity contribution >= 4 is 30.0 Å². The quantitative estimate of drug-likeness (QED) is 0.546. The maximum atomic E-state index is 10.5. The molecule has 0 amide bonds. The van der Waals surface area contributed by atoms with Crippen molar-refractivity contribution in [3.05, 3.63) is 41.2 Å². The minimum atomic E-state index is 0.190. The van der Waals surface area contributed by atoms with E-state index in [-0.39, 0.29) is 5.15 Å². The summed E-state index contributed by atoms with van der Waals surface area (Å²) in [5.41, 5.74) is 1.74. The van der Waals surface area contributed by atoms with Crippen molar-refractivity contribution in [2.75, 3.05) is 0 Å². The van der Waals surface area contributed by atoms with E-state index in [0.717, 1.165) is 5.56 Å². The van der Waals surface area contributed by atoms with E-state index >= 15 is 0 Å². The minimum absolute atomic E-state index is 0.190. The number of rotatable bonds is 3. The molecule has 0 aliphatic carbocycles. The first-order valence-electron chi connectivity index (χ1n) is 3.63. The van der Waals surface area contributed by atoms with Crippen LogP contribution >= 0.6 is 11.6 Å². The van der Waals surface area contributed by atoms with E-state index in [1.54, 1.807) is 18.2 Å². The Kier molecular flexibility index (Phi) is 2.98. The maximum absolute atomic E-state index is 10.5. The molecule has 1 heterocycles. The van der Waals surface area contributed by atoms with Crippen LogP contribution in [0.4, 0.5) is 0 Å². The van der Waals surface area contributed by atoms with Gasteiger partial charge >= 0.3 is 0 Å². The molecule has 3 heteroatoms. The zero-order chi connectivity index (χ0) is 9.84. The molecule has 1 aromatic rings. The SMILES string of the molecule is C=Cc1cc(C=O)c(Cl)nc1C=C. The van der Waals surface area contributed by atoms with E-state index in [0.29, 0.717) is 17.5 Å².